The molecule has 1 amide bonds. The second kappa shape index (κ2) is 7.65. The zero-order chi connectivity index (χ0) is 19.7. The van der Waals surface area contributed by atoms with Crippen molar-refractivity contribution in [3.8, 4) is 22.9 Å². The van der Waals surface area contributed by atoms with Gasteiger partial charge in [0.2, 0.25) is 5.91 Å². The van der Waals surface area contributed by atoms with E-state index in [1.807, 2.05) is 48.5 Å². The Morgan fingerprint density at radius 3 is 2.21 bits per heavy atom. The first kappa shape index (κ1) is 18.5. The molecule has 1 N–H and O–H groups in total. The highest BCUT2D eigenvalue weighted by Gasteiger charge is 2.53. The molecule has 0 unspecified atom stereocenters. The Kier molecular flexibility index (Phi) is 5.06. The van der Waals surface area contributed by atoms with Gasteiger partial charge in [0.15, 0.2) is 0 Å². The maximum Gasteiger partial charge on any atom is 0.227 e. The van der Waals surface area contributed by atoms with Crippen LogP contribution in [0.5, 0.6) is 5.75 Å². The summed E-state index contributed by atoms with van der Waals surface area (Å²) in [6.45, 7) is -0.123. The Morgan fingerprint density at radius 2 is 1.75 bits per heavy atom. The summed E-state index contributed by atoms with van der Waals surface area (Å²) >= 11 is 0. The number of likely N-dealkylation sites (tertiary alicyclic amines) is 1. The Labute approximate surface area is 165 Å². The van der Waals surface area contributed by atoms with Gasteiger partial charge in [-0.2, -0.15) is 5.26 Å². The van der Waals surface area contributed by atoms with E-state index in [1.165, 1.54) is 0 Å². The third-order valence-electron chi connectivity index (χ3n) is 6.16. The summed E-state index contributed by atoms with van der Waals surface area (Å²) < 4.78 is 5.20. The molecule has 0 bridgehead atoms. The Hall–Kier alpha value is -2.84. The number of hydrogen-bond donors (Lipinski definition) is 1. The highest BCUT2D eigenvalue weighted by Crippen LogP contribution is 2.43. The lowest BCUT2D eigenvalue weighted by Gasteiger charge is -2.53. The molecule has 28 heavy (non-hydrogen) atoms. The van der Waals surface area contributed by atoms with Crippen molar-refractivity contribution in [3.05, 3.63) is 54.1 Å². The molecule has 2 aliphatic rings. The fourth-order valence-corrected chi connectivity index (χ4v) is 4.26. The average molecular weight is 376 g/mol. The first-order valence-corrected chi connectivity index (χ1v) is 9.75. The second-order valence-corrected chi connectivity index (χ2v) is 7.57. The van der Waals surface area contributed by atoms with Gasteiger partial charge in [0.05, 0.1) is 25.8 Å². The molecule has 4 rings (SSSR count). The molecule has 1 aliphatic carbocycles. The lowest BCUT2D eigenvalue weighted by Crippen LogP contribution is -2.66. The summed E-state index contributed by atoms with van der Waals surface area (Å²) in [5.41, 5.74) is 3.14. The molecule has 0 radical (unpaired) electrons. The van der Waals surface area contributed by atoms with Gasteiger partial charge in [-0.3, -0.25) is 4.79 Å². The lowest BCUT2D eigenvalue weighted by atomic mass is 9.73. The molecular formula is C23H24N2O3. The zero-order valence-corrected chi connectivity index (χ0v) is 15.9. The number of benzene rings is 2. The number of carbonyl (C=O) groups excluding carboxylic acids is 1. The van der Waals surface area contributed by atoms with Crippen LogP contribution in [-0.4, -0.2) is 41.7 Å². The third kappa shape index (κ3) is 3.04. The number of aliphatic hydroxyl groups is 1. The van der Waals surface area contributed by atoms with Crippen LogP contribution in [0.25, 0.3) is 11.1 Å². The summed E-state index contributed by atoms with van der Waals surface area (Å²) in [5, 5.41) is 19.6. The average Bonchev–Trinajstić information content (AvgIpc) is 2.67. The van der Waals surface area contributed by atoms with Crippen molar-refractivity contribution in [3.63, 3.8) is 0 Å². The normalized spacial score (nSPS) is 24.0. The summed E-state index contributed by atoms with van der Waals surface area (Å²) in [6.07, 6.45) is 2.86. The van der Waals surface area contributed by atoms with Gasteiger partial charge < -0.3 is 14.7 Å². The quantitative estimate of drug-likeness (QED) is 0.869. The molecule has 5 heteroatoms. The van der Waals surface area contributed by atoms with Crippen molar-refractivity contribution >= 4 is 5.91 Å². The van der Waals surface area contributed by atoms with Gasteiger partial charge in [-0.25, -0.2) is 0 Å². The molecular weight excluding hydrogens is 352 g/mol. The summed E-state index contributed by atoms with van der Waals surface area (Å²) in [4.78, 5) is 14.3. The molecule has 1 saturated carbocycles. The van der Waals surface area contributed by atoms with E-state index in [0.717, 1.165) is 41.7 Å². The van der Waals surface area contributed by atoms with Crippen LogP contribution < -0.4 is 4.74 Å². The van der Waals surface area contributed by atoms with Crippen LogP contribution in [-0.2, 0) is 4.79 Å². The minimum Gasteiger partial charge on any atom is -0.497 e. The van der Waals surface area contributed by atoms with E-state index in [-0.39, 0.29) is 30.4 Å². The van der Waals surface area contributed by atoms with E-state index in [1.54, 1.807) is 12.0 Å². The van der Waals surface area contributed by atoms with E-state index in [2.05, 4.69) is 6.07 Å². The smallest absolute Gasteiger partial charge is 0.227 e. The number of ether oxygens (including phenoxy) is 1. The van der Waals surface area contributed by atoms with Crippen molar-refractivity contribution in [1.29, 1.82) is 5.26 Å². The monoisotopic (exact) mass is 376 g/mol. The SMILES string of the molecule is COc1ccc(-c2ccc([C@@H]3[C@H](C#N)N(C(=O)C4CCC4)[C@H]3CO)cc2)cc1. The highest BCUT2D eigenvalue weighted by molar-refractivity contribution is 5.82. The number of nitriles is 1. The molecule has 0 spiro atoms. The second-order valence-electron chi connectivity index (χ2n) is 7.57. The molecule has 2 aromatic rings. The number of aliphatic hydroxyl groups excluding tert-OH is 1. The molecule has 3 atom stereocenters. The molecule has 5 nitrogen and oxygen atoms in total. The topological polar surface area (TPSA) is 73.6 Å². The molecule has 1 heterocycles. The summed E-state index contributed by atoms with van der Waals surface area (Å²) in [7, 11) is 1.64. The van der Waals surface area contributed by atoms with Crippen LogP contribution in [0.1, 0.15) is 30.7 Å². The Balaban J connectivity index is 1.54. The first-order chi connectivity index (χ1) is 13.7. The van der Waals surface area contributed by atoms with Gasteiger partial charge in [0, 0.05) is 11.8 Å². The summed E-state index contributed by atoms with van der Waals surface area (Å²) in [6, 6.07) is 17.4. The zero-order valence-electron chi connectivity index (χ0n) is 15.9. The first-order valence-electron chi connectivity index (χ1n) is 9.75. The predicted octanol–water partition coefficient (Wildman–Crippen LogP) is 3.34. The minimum absolute atomic E-state index is 0.0305. The molecule has 0 aromatic heterocycles. The van der Waals surface area contributed by atoms with Crippen LogP contribution in [0.4, 0.5) is 0 Å². The van der Waals surface area contributed by atoms with Crippen molar-refractivity contribution in [2.75, 3.05) is 13.7 Å². The van der Waals surface area contributed by atoms with Gasteiger partial charge >= 0.3 is 0 Å². The molecule has 1 aliphatic heterocycles. The molecule has 144 valence electrons. The summed E-state index contributed by atoms with van der Waals surface area (Å²) in [5.74, 6) is 0.726. The van der Waals surface area contributed by atoms with Gasteiger partial charge in [0.1, 0.15) is 11.8 Å². The number of amides is 1. The standard InChI is InChI=1S/C23H24N2O3/c1-28-19-11-9-16(10-12-19)15-5-7-17(8-6-15)22-20(13-24)25(21(22)14-26)23(27)18-3-2-4-18/h5-12,18,20-22,26H,2-4,14H2,1H3/t20-,21-,22+/m0/s1. The van der Waals surface area contributed by atoms with Crippen LogP contribution >= 0.6 is 0 Å². The number of nitrogens with zero attached hydrogens (tertiary/aromatic N) is 2. The molecule has 2 aromatic carbocycles. The predicted molar refractivity (Wildman–Crippen MR) is 106 cm³/mol. The van der Waals surface area contributed by atoms with Crippen molar-refractivity contribution in [2.24, 2.45) is 5.92 Å². The number of rotatable bonds is 5. The van der Waals surface area contributed by atoms with E-state index in [0.29, 0.717) is 0 Å². The maximum absolute atomic E-state index is 12.7. The fourth-order valence-electron chi connectivity index (χ4n) is 4.26. The molecule has 1 saturated heterocycles. The Bertz CT molecular complexity index is 882. The van der Waals surface area contributed by atoms with Gasteiger partial charge in [-0.05, 0) is 41.7 Å². The lowest BCUT2D eigenvalue weighted by molar-refractivity contribution is -0.154. The van der Waals surface area contributed by atoms with E-state index in [9.17, 15) is 15.2 Å². The van der Waals surface area contributed by atoms with Crippen LogP contribution in [0.3, 0.4) is 0 Å². The Morgan fingerprint density at radius 1 is 1.14 bits per heavy atom. The van der Waals surface area contributed by atoms with Gasteiger partial charge in [0.25, 0.3) is 0 Å². The third-order valence-corrected chi connectivity index (χ3v) is 6.16. The highest BCUT2D eigenvalue weighted by atomic mass is 16.5. The van der Waals surface area contributed by atoms with Crippen LogP contribution in [0.2, 0.25) is 0 Å². The van der Waals surface area contributed by atoms with E-state index >= 15 is 0 Å². The number of hydrogen-bond acceptors (Lipinski definition) is 4. The van der Waals surface area contributed by atoms with Gasteiger partial charge in [-0.1, -0.05) is 42.8 Å². The van der Waals surface area contributed by atoms with Crippen molar-refractivity contribution in [1.82, 2.24) is 4.90 Å². The largest absolute Gasteiger partial charge is 0.497 e. The van der Waals surface area contributed by atoms with Crippen LogP contribution in [0, 0.1) is 17.2 Å². The molecule has 2 fully saturated rings. The van der Waals surface area contributed by atoms with E-state index in [4.69, 9.17) is 4.74 Å². The maximum atomic E-state index is 12.7. The van der Waals surface area contributed by atoms with Gasteiger partial charge in [-0.15, -0.1) is 0 Å². The fraction of sp³-hybridized carbons (Fsp3) is 0.391. The minimum atomic E-state index is -0.503. The van der Waals surface area contributed by atoms with Crippen molar-refractivity contribution in [2.45, 2.75) is 37.3 Å². The van der Waals surface area contributed by atoms with E-state index < -0.39 is 6.04 Å². The number of carbonyl (C=O) groups is 1. The van der Waals surface area contributed by atoms with Crippen molar-refractivity contribution < 1.29 is 14.6 Å². The number of methoxy groups -OCH3 is 1. The van der Waals surface area contributed by atoms with Crippen LogP contribution in [0.15, 0.2) is 48.5 Å².